The van der Waals surface area contributed by atoms with Crippen molar-refractivity contribution >= 4 is 22.6 Å². The molecule has 0 heterocycles. The first kappa shape index (κ1) is 5.71. The number of alkyl halides is 1. The third kappa shape index (κ3) is 4.62. The molecular weight excluding hydrogens is 275 g/mol. The van der Waals surface area contributed by atoms with Crippen LogP contribution in [0.1, 0.15) is 19.3 Å². The number of hydrogen-bond acceptors (Lipinski definition) is 1. The summed E-state index contributed by atoms with van der Waals surface area (Å²) in [5.74, 6) is -1.13. The van der Waals surface area contributed by atoms with Crippen molar-refractivity contribution in [2.75, 3.05) is 11.0 Å². The van der Waals surface area contributed by atoms with Gasteiger partial charge < -0.3 is 4.74 Å². The molecule has 1 unspecified atom stereocenters. The van der Waals surface area contributed by atoms with Gasteiger partial charge in [-0.3, -0.25) is 0 Å². The molecule has 0 aliphatic carbocycles. The fourth-order valence-electron chi connectivity index (χ4n) is 0.900. The number of benzene rings is 1. The summed E-state index contributed by atoms with van der Waals surface area (Å²) in [6.07, 6.45) is 0. The fourth-order valence-corrected chi connectivity index (χ4v) is 1.08. The minimum atomic E-state index is -2.36. The average Bonchev–Trinajstić information content (AvgIpc) is 2.22. The van der Waals surface area contributed by atoms with Crippen LogP contribution < -0.4 is 0 Å². The maximum Gasteiger partial charge on any atom is 0.0717 e. The van der Waals surface area contributed by atoms with E-state index < -0.39 is 17.1 Å². The van der Waals surface area contributed by atoms with Gasteiger partial charge in [0.05, 0.1) is 13.2 Å². The first-order valence-corrected chi connectivity index (χ1v) is 5.09. The molecular formula is C11H15IO. The van der Waals surface area contributed by atoms with E-state index in [4.69, 9.17) is 11.6 Å². The Bertz CT molecular complexity index is 346. The van der Waals surface area contributed by atoms with Crippen LogP contribution in [0.4, 0.5) is 0 Å². The van der Waals surface area contributed by atoms with Crippen molar-refractivity contribution in [2.45, 2.75) is 13.5 Å². The molecule has 1 atom stereocenters. The summed E-state index contributed by atoms with van der Waals surface area (Å²) in [5, 5.41) is 0. The molecule has 1 rings (SSSR count). The second kappa shape index (κ2) is 6.38. The van der Waals surface area contributed by atoms with Gasteiger partial charge in [0.25, 0.3) is 0 Å². The number of hydrogen-bond donors (Lipinski definition) is 0. The third-order valence-corrected chi connectivity index (χ3v) is 2.28. The van der Waals surface area contributed by atoms with Gasteiger partial charge in [-0.1, -0.05) is 59.8 Å². The van der Waals surface area contributed by atoms with Gasteiger partial charge in [0.2, 0.25) is 0 Å². The lowest BCUT2D eigenvalue weighted by Gasteiger charge is -2.08. The highest BCUT2D eigenvalue weighted by molar-refractivity contribution is 14.1. The van der Waals surface area contributed by atoms with Gasteiger partial charge >= 0.3 is 0 Å². The zero-order valence-electron chi connectivity index (χ0n) is 12.2. The lowest BCUT2D eigenvalue weighted by Crippen LogP contribution is -2.06. The van der Waals surface area contributed by atoms with Gasteiger partial charge in [-0.2, -0.15) is 0 Å². The largest absolute Gasteiger partial charge is 0.376 e. The van der Waals surface area contributed by atoms with E-state index in [1.165, 1.54) is 22.6 Å². The molecule has 13 heavy (non-hydrogen) atoms. The van der Waals surface area contributed by atoms with Crippen LogP contribution in [0, 0.1) is 5.92 Å². The van der Waals surface area contributed by atoms with Crippen molar-refractivity contribution in [3.05, 3.63) is 35.9 Å². The van der Waals surface area contributed by atoms with E-state index in [2.05, 4.69) is 0 Å². The van der Waals surface area contributed by atoms with Gasteiger partial charge in [-0.25, -0.2) is 0 Å². The lowest BCUT2D eigenvalue weighted by atomic mass is 10.2. The van der Waals surface area contributed by atoms with Crippen LogP contribution in [-0.4, -0.2) is 11.0 Å². The van der Waals surface area contributed by atoms with Crippen LogP contribution in [0.3, 0.4) is 0 Å². The molecule has 0 aromatic heterocycles. The lowest BCUT2D eigenvalue weighted by molar-refractivity contribution is 0.0989. The molecule has 0 aliphatic rings. The predicted octanol–water partition coefficient (Wildman–Crippen LogP) is 3.27. The van der Waals surface area contributed by atoms with Gasteiger partial charge in [-0.05, 0) is 11.5 Å². The normalized spacial score (nSPS) is 20.5. The Kier molecular flexibility index (Phi) is 2.80. The first-order valence-electron chi connectivity index (χ1n) is 6.52. The summed E-state index contributed by atoms with van der Waals surface area (Å²) >= 11 is 1.51. The second-order valence-electron chi connectivity index (χ2n) is 2.66. The molecule has 0 saturated heterocycles. The van der Waals surface area contributed by atoms with E-state index in [0.29, 0.717) is 6.61 Å². The Balaban J connectivity index is 2.54. The maximum atomic E-state index is 7.54. The molecule has 72 valence electrons. The molecule has 0 aliphatic heterocycles. The van der Waals surface area contributed by atoms with Crippen LogP contribution >= 0.6 is 22.6 Å². The van der Waals surface area contributed by atoms with E-state index >= 15 is 0 Å². The van der Waals surface area contributed by atoms with Crippen LogP contribution in [0.2, 0.25) is 0 Å². The summed E-state index contributed by atoms with van der Waals surface area (Å²) in [4.78, 5) is 0. The van der Waals surface area contributed by atoms with E-state index in [1.807, 2.05) is 30.3 Å². The quantitative estimate of drug-likeness (QED) is 0.598. The van der Waals surface area contributed by atoms with Crippen LogP contribution in [0.5, 0.6) is 0 Å². The molecule has 0 radical (unpaired) electrons. The standard InChI is InChI=1S/C11H15IO/c1-10(7-12)8-13-9-11-5-3-2-4-6-11/h2-6,10H,7-9H2,1H3/i1D3,7D2. The summed E-state index contributed by atoms with van der Waals surface area (Å²) in [7, 11) is 0. The number of halogens is 1. The van der Waals surface area contributed by atoms with Crippen molar-refractivity contribution in [3.8, 4) is 0 Å². The van der Waals surface area contributed by atoms with Crippen molar-refractivity contribution in [1.82, 2.24) is 0 Å². The van der Waals surface area contributed by atoms with E-state index in [1.54, 1.807) is 0 Å². The predicted molar refractivity (Wildman–Crippen MR) is 64.1 cm³/mol. The highest BCUT2D eigenvalue weighted by Gasteiger charge is 1.99. The minimum Gasteiger partial charge on any atom is -0.376 e. The van der Waals surface area contributed by atoms with Crippen molar-refractivity contribution in [3.63, 3.8) is 0 Å². The van der Waals surface area contributed by atoms with Crippen molar-refractivity contribution in [1.29, 1.82) is 0 Å². The number of ether oxygens (including phenoxy) is 1. The van der Waals surface area contributed by atoms with E-state index in [9.17, 15) is 0 Å². The Morgan fingerprint density at radius 1 is 1.54 bits per heavy atom. The number of rotatable bonds is 5. The SMILES string of the molecule is [2H]C([2H])([2H])C(COCc1ccccc1)C([2H])([2H])I. The average molecular weight is 295 g/mol. The zero-order valence-corrected chi connectivity index (χ0v) is 9.32. The van der Waals surface area contributed by atoms with Crippen LogP contribution in [0.25, 0.3) is 0 Å². The molecule has 0 bridgehead atoms. The summed E-state index contributed by atoms with van der Waals surface area (Å²) in [5.41, 5.74) is 0.941. The smallest absolute Gasteiger partial charge is 0.0717 e. The topological polar surface area (TPSA) is 9.23 Å². The Hall–Kier alpha value is -0.0900. The van der Waals surface area contributed by atoms with Gasteiger partial charge in [0, 0.05) is 11.2 Å². The highest BCUT2D eigenvalue weighted by Crippen LogP contribution is 2.04. The van der Waals surface area contributed by atoms with Crippen molar-refractivity contribution in [2.24, 2.45) is 5.92 Å². The molecule has 0 spiro atoms. The Morgan fingerprint density at radius 2 is 2.31 bits per heavy atom. The second-order valence-corrected chi connectivity index (χ2v) is 3.29. The molecule has 0 amide bonds. The summed E-state index contributed by atoms with van der Waals surface area (Å²) in [6, 6.07) is 9.39. The maximum absolute atomic E-state index is 7.54. The molecule has 1 aromatic rings. The molecule has 2 heteroatoms. The zero-order chi connectivity index (χ0) is 13.8. The molecule has 0 saturated carbocycles. The van der Waals surface area contributed by atoms with E-state index in [-0.39, 0.29) is 6.61 Å². The Labute approximate surface area is 101 Å². The highest BCUT2D eigenvalue weighted by atomic mass is 127. The van der Waals surface area contributed by atoms with Gasteiger partial charge in [0.15, 0.2) is 0 Å². The van der Waals surface area contributed by atoms with Gasteiger partial charge in [0.1, 0.15) is 0 Å². The molecule has 0 N–H and O–H groups in total. The van der Waals surface area contributed by atoms with E-state index in [0.717, 1.165) is 5.56 Å². The van der Waals surface area contributed by atoms with Crippen molar-refractivity contribution < 1.29 is 11.6 Å². The fraction of sp³-hybridized carbons (Fsp3) is 0.455. The third-order valence-electron chi connectivity index (χ3n) is 1.53. The summed E-state index contributed by atoms with van der Waals surface area (Å²) < 4.78 is 40.6. The minimum absolute atomic E-state index is 0.124. The summed E-state index contributed by atoms with van der Waals surface area (Å²) in [6.45, 7) is -2.19. The van der Waals surface area contributed by atoms with Crippen LogP contribution in [-0.2, 0) is 11.3 Å². The van der Waals surface area contributed by atoms with Crippen LogP contribution in [0.15, 0.2) is 30.3 Å². The monoisotopic (exact) mass is 295 g/mol. The molecule has 0 fully saturated rings. The molecule has 1 aromatic carbocycles. The Morgan fingerprint density at radius 3 is 2.92 bits per heavy atom. The van der Waals surface area contributed by atoms with Gasteiger partial charge in [-0.15, -0.1) is 0 Å². The molecule has 1 nitrogen and oxygen atoms in total. The first-order chi connectivity index (χ1) is 8.21.